The summed E-state index contributed by atoms with van der Waals surface area (Å²) in [6.45, 7) is 0. The van der Waals surface area contributed by atoms with E-state index in [0.717, 1.165) is 0 Å². The van der Waals surface area contributed by atoms with Gasteiger partial charge in [0.25, 0.3) is 15.9 Å². The zero-order valence-corrected chi connectivity index (χ0v) is 18.4. The van der Waals surface area contributed by atoms with Crippen molar-refractivity contribution in [1.29, 1.82) is 0 Å². The zero-order chi connectivity index (χ0) is 23.4. The predicted molar refractivity (Wildman–Crippen MR) is 126 cm³/mol. The Labute approximate surface area is 193 Å². The van der Waals surface area contributed by atoms with Crippen LogP contribution in [0.3, 0.4) is 0 Å². The van der Waals surface area contributed by atoms with Gasteiger partial charge in [0.15, 0.2) is 0 Å². The molecular weight excluding hydrogens is 466 g/mol. The third-order valence-electron chi connectivity index (χ3n) is 4.60. The van der Waals surface area contributed by atoms with Crippen LogP contribution >= 0.6 is 11.6 Å². The predicted octanol–water partition coefficient (Wildman–Crippen LogP) is 4.01. The van der Waals surface area contributed by atoms with E-state index in [2.05, 4.69) is 15.2 Å². The molecule has 8 nitrogen and oxygen atoms in total. The molecule has 3 aromatic carbocycles. The molecule has 1 aromatic heterocycles. The summed E-state index contributed by atoms with van der Waals surface area (Å²) in [5.41, 5.74) is 3.20. The van der Waals surface area contributed by atoms with Crippen molar-refractivity contribution < 1.29 is 17.6 Å². The Morgan fingerprint density at radius 2 is 1.67 bits per heavy atom. The van der Waals surface area contributed by atoms with Crippen molar-refractivity contribution in [3.8, 4) is 0 Å². The van der Waals surface area contributed by atoms with Gasteiger partial charge in [0, 0.05) is 16.3 Å². The molecule has 0 aliphatic heterocycles. The molecule has 10 heteroatoms. The van der Waals surface area contributed by atoms with Gasteiger partial charge >= 0.3 is 0 Å². The van der Waals surface area contributed by atoms with Gasteiger partial charge in [-0.05, 0) is 60.7 Å². The number of halogens is 1. The molecule has 0 aliphatic carbocycles. The molecule has 4 aromatic rings. The number of carbonyl (C=O) groups is 1. The van der Waals surface area contributed by atoms with Crippen LogP contribution in [0.25, 0.3) is 11.0 Å². The second kappa shape index (κ2) is 9.27. The Morgan fingerprint density at radius 1 is 0.970 bits per heavy atom. The van der Waals surface area contributed by atoms with E-state index in [4.69, 9.17) is 16.0 Å². The van der Waals surface area contributed by atoms with Crippen LogP contribution in [0, 0.1) is 0 Å². The Morgan fingerprint density at radius 3 is 2.39 bits per heavy atom. The number of para-hydroxylation sites is 1. The molecule has 4 rings (SSSR count). The molecule has 0 unspecified atom stereocenters. The minimum absolute atomic E-state index is 0.0567. The van der Waals surface area contributed by atoms with Crippen molar-refractivity contribution in [3.05, 3.63) is 105 Å². The number of sulfonamides is 1. The average Bonchev–Trinajstić information content (AvgIpc) is 2.81. The summed E-state index contributed by atoms with van der Waals surface area (Å²) >= 11 is 5.79. The minimum Gasteiger partial charge on any atom is -0.463 e. The van der Waals surface area contributed by atoms with E-state index >= 15 is 0 Å². The number of benzene rings is 3. The molecule has 0 bridgehead atoms. The number of hydrogen-bond acceptors (Lipinski definition) is 6. The van der Waals surface area contributed by atoms with Crippen LogP contribution in [-0.2, 0) is 10.0 Å². The fourth-order valence-electron chi connectivity index (χ4n) is 2.92. The zero-order valence-electron chi connectivity index (χ0n) is 16.9. The fraction of sp³-hybridized carbons (Fsp3) is 0. The molecule has 2 N–H and O–H groups in total. The first kappa shape index (κ1) is 22.3. The molecule has 0 saturated carbocycles. The van der Waals surface area contributed by atoms with E-state index in [1.807, 2.05) is 0 Å². The Hall–Kier alpha value is -3.95. The van der Waals surface area contributed by atoms with Crippen molar-refractivity contribution in [2.24, 2.45) is 5.10 Å². The van der Waals surface area contributed by atoms with E-state index in [9.17, 15) is 18.0 Å². The molecule has 0 saturated heterocycles. The molecule has 1 heterocycles. The highest BCUT2D eigenvalue weighted by Crippen LogP contribution is 2.19. The van der Waals surface area contributed by atoms with Crippen LogP contribution in [0.1, 0.15) is 15.9 Å². The Bertz CT molecular complexity index is 1510. The van der Waals surface area contributed by atoms with Crippen LogP contribution in [0.4, 0.5) is 5.69 Å². The van der Waals surface area contributed by atoms with Crippen LogP contribution in [0.2, 0.25) is 5.02 Å². The van der Waals surface area contributed by atoms with Crippen molar-refractivity contribution in [3.63, 3.8) is 0 Å². The molecule has 0 spiro atoms. The third kappa shape index (κ3) is 5.11. The van der Waals surface area contributed by atoms with Gasteiger partial charge in [-0.3, -0.25) is 14.3 Å². The number of anilines is 1. The van der Waals surface area contributed by atoms with Crippen molar-refractivity contribution >= 4 is 50.4 Å². The average molecular weight is 482 g/mol. The van der Waals surface area contributed by atoms with E-state index in [1.165, 1.54) is 61.0 Å². The molecule has 1 amide bonds. The smallest absolute Gasteiger partial charge is 0.271 e. The summed E-state index contributed by atoms with van der Waals surface area (Å²) in [4.78, 5) is 24.8. The molecule has 166 valence electrons. The first-order chi connectivity index (χ1) is 15.8. The topological polar surface area (TPSA) is 118 Å². The standard InChI is InChI=1S/C23H16ClN3O5S/c24-17-7-11-19(12-8-17)33(30,31)27-18-9-5-15(6-10-18)23(29)26-25-13-16-14-32-21-4-2-1-3-20(21)22(16)28/h1-14,27H,(H,26,29). The van der Waals surface area contributed by atoms with Crippen LogP contribution in [-0.4, -0.2) is 20.5 Å². The van der Waals surface area contributed by atoms with Gasteiger partial charge in [0.1, 0.15) is 11.8 Å². The largest absolute Gasteiger partial charge is 0.463 e. The van der Waals surface area contributed by atoms with Gasteiger partial charge in [-0.15, -0.1) is 0 Å². The summed E-state index contributed by atoms with van der Waals surface area (Å²) in [5, 5.41) is 4.64. The van der Waals surface area contributed by atoms with E-state index in [-0.39, 0.29) is 27.1 Å². The van der Waals surface area contributed by atoms with E-state index in [0.29, 0.717) is 16.0 Å². The highest BCUT2D eigenvalue weighted by molar-refractivity contribution is 7.92. The van der Waals surface area contributed by atoms with Gasteiger partial charge in [0.05, 0.1) is 22.1 Å². The lowest BCUT2D eigenvalue weighted by Crippen LogP contribution is -2.19. The molecule has 33 heavy (non-hydrogen) atoms. The lowest BCUT2D eigenvalue weighted by molar-refractivity contribution is 0.0955. The monoisotopic (exact) mass is 481 g/mol. The van der Waals surface area contributed by atoms with E-state index in [1.54, 1.807) is 24.3 Å². The number of nitrogens with zero attached hydrogens (tertiary/aromatic N) is 1. The first-order valence-corrected chi connectivity index (χ1v) is 11.4. The Balaban J connectivity index is 1.42. The van der Waals surface area contributed by atoms with Crippen molar-refractivity contribution in [2.75, 3.05) is 4.72 Å². The number of rotatable bonds is 6. The van der Waals surface area contributed by atoms with E-state index < -0.39 is 15.9 Å². The van der Waals surface area contributed by atoms with Gasteiger partial charge < -0.3 is 4.42 Å². The van der Waals surface area contributed by atoms with Gasteiger partial charge in [-0.1, -0.05) is 23.7 Å². The SMILES string of the molecule is O=C(NN=Cc1coc2ccccc2c1=O)c1ccc(NS(=O)(=O)c2ccc(Cl)cc2)cc1. The van der Waals surface area contributed by atoms with Crippen LogP contribution < -0.4 is 15.6 Å². The minimum atomic E-state index is -3.80. The number of carbonyl (C=O) groups excluding carboxylic acids is 1. The summed E-state index contributed by atoms with van der Waals surface area (Å²) < 4.78 is 32.7. The maximum absolute atomic E-state index is 12.4. The number of fused-ring (bicyclic) bond motifs is 1. The second-order valence-electron chi connectivity index (χ2n) is 6.85. The third-order valence-corrected chi connectivity index (χ3v) is 6.25. The van der Waals surface area contributed by atoms with Crippen LogP contribution in [0.15, 0.2) is 98.3 Å². The number of hydrogen-bond donors (Lipinski definition) is 2. The molecular formula is C23H16ClN3O5S. The quantitative estimate of drug-likeness (QED) is 0.318. The van der Waals surface area contributed by atoms with Crippen LogP contribution in [0.5, 0.6) is 0 Å². The Kier molecular flexibility index (Phi) is 6.25. The highest BCUT2D eigenvalue weighted by Gasteiger charge is 2.14. The lowest BCUT2D eigenvalue weighted by atomic mass is 10.2. The van der Waals surface area contributed by atoms with Gasteiger partial charge in [0.2, 0.25) is 5.43 Å². The first-order valence-electron chi connectivity index (χ1n) is 9.56. The number of amides is 1. The second-order valence-corrected chi connectivity index (χ2v) is 8.97. The highest BCUT2D eigenvalue weighted by atomic mass is 35.5. The lowest BCUT2D eigenvalue weighted by Gasteiger charge is -2.08. The maximum atomic E-state index is 12.4. The molecule has 0 radical (unpaired) electrons. The molecule has 0 aliphatic rings. The van der Waals surface area contributed by atoms with Crippen molar-refractivity contribution in [1.82, 2.24) is 5.43 Å². The summed E-state index contributed by atoms with van der Waals surface area (Å²) in [6.07, 6.45) is 2.46. The fourth-order valence-corrected chi connectivity index (χ4v) is 4.11. The van der Waals surface area contributed by atoms with Gasteiger partial charge in [-0.2, -0.15) is 5.10 Å². The summed E-state index contributed by atoms with van der Waals surface area (Å²) in [6, 6.07) is 18.3. The molecule has 0 fully saturated rings. The number of hydrazone groups is 1. The number of nitrogens with one attached hydrogen (secondary N) is 2. The summed E-state index contributed by atoms with van der Waals surface area (Å²) in [7, 11) is -3.80. The molecule has 0 atom stereocenters. The van der Waals surface area contributed by atoms with Gasteiger partial charge in [-0.25, -0.2) is 13.8 Å². The maximum Gasteiger partial charge on any atom is 0.271 e. The van der Waals surface area contributed by atoms with Crippen molar-refractivity contribution in [2.45, 2.75) is 4.90 Å². The normalized spacial score (nSPS) is 11.5. The summed E-state index contributed by atoms with van der Waals surface area (Å²) in [5.74, 6) is -0.538.